The molecule has 0 aromatic rings. The van der Waals surface area contributed by atoms with Crippen molar-refractivity contribution in [2.45, 2.75) is 25.8 Å². The average Bonchev–Trinajstić information content (AvgIpc) is 2.57. The standard InChI is InChI=1S/C9H17NO3/c1-2-13-9(11)8(10)5-7-3-4-12-6-7/h7-8H,2-6,10H2,1H3/t7-,8+/m1/s1. The number of rotatable bonds is 4. The van der Waals surface area contributed by atoms with Crippen molar-refractivity contribution in [1.29, 1.82) is 0 Å². The predicted molar refractivity (Wildman–Crippen MR) is 48.2 cm³/mol. The zero-order chi connectivity index (χ0) is 9.68. The van der Waals surface area contributed by atoms with Crippen molar-refractivity contribution in [1.82, 2.24) is 0 Å². The maximum absolute atomic E-state index is 11.1. The van der Waals surface area contributed by atoms with Crippen LogP contribution in [0, 0.1) is 5.92 Å². The lowest BCUT2D eigenvalue weighted by atomic mass is 10.00. The van der Waals surface area contributed by atoms with Gasteiger partial charge in [0, 0.05) is 13.2 Å². The molecule has 1 rings (SSSR count). The first-order chi connectivity index (χ1) is 6.24. The Hall–Kier alpha value is -0.610. The van der Waals surface area contributed by atoms with Gasteiger partial charge < -0.3 is 15.2 Å². The molecular weight excluding hydrogens is 170 g/mol. The third-order valence-electron chi connectivity index (χ3n) is 2.20. The van der Waals surface area contributed by atoms with Crippen LogP contribution in [0.15, 0.2) is 0 Å². The van der Waals surface area contributed by atoms with E-state index in [0.717, 1.165) is 19.6 Å². The van der Waals surface area contributed by atoms with Crippen LogP contribution in [0.2, 0.25) is 0 Å². The second-order valence-electron chi connectivity index (χ2n) is 3.32. The van der Waals surface area contributed by atoms with Gasteiger partial charge in [-0.3, -0.25) is 4.79 Å². The van der Waals surface area contributed by atoms with Crippen LogP contribution in [0.4, 0.5) is 0 Å². The average molecular weight is 187 g/mol. The van der Waals surface area contributed by atoms with E-state index in [9.17, 15) is 4.79 Å². The number of nitrogens with two attached hydrogens (primary N) is 1. The molecule has 1 heterocycles. The van der Waals surface area contributed by atoms with Gasteiger partial charge >= 0.3 is 5.97 Å². The Morgan fingerprint density at radius 3 is 3.08 bits per heavy atom. The van der Waals surface area contributed by atoms with Gasteiger partial charge in [-0.15, -0.1) is 0 Å². The number of esters is 1. The molecule has 4 nitrogen and oxygen atoms in total. The van der Waals surface area contributed by atoms with Crippen molar-refractivity contribution in [3.05, 3.63) is 0 Å². The molecule has 0 spiro atoms. The molecule has 0 bridgehead atoms. The lowest BCUT2D eigenvalue weighted by molar-refractivity contribution is -0.145. The van der Waals surface area contributed by atoms with E-state index in [-0.39, 0.29) is 5.97 Å². The van der Waals surface area contributed by atoms with Crippen LogP contribution in [0.1, 0.15) is 19.8 Å². The monoisotopic (exact) mass is 187 g/mol. The topological polar surface area (TPSA) is 61.5 Å². The Bertz CT molecular complexity index is 166. The number of carbonyl (C=O) groups excluding carboxylic acids is 1. The van der Waals surface area contributed by atoms with Gasteiger partial charge in [-0.05, 0) is 25.7 Å². The molecule has 76 valence electrons. The largest absolute Gasteiger partial charge is 0.465 e. The van der Waals surface area contributed by atoms with Crippen molar-refractivity contribution in [3.63, 3.8) is 0 Å². The summed E-state index contributed by atoms with van der Waals surface area (Å²) in [5, 5.41) is 0. The van der Waals surface area contributed by atoms with Crippen LogP contribution in [-0.4, -0.2) is 31.8 Å². The Labute approximate surface area is 78.4 Å². The summed E-state index contributed by atoms with van der Waals surface area (Å²) in [5.74, 6) is 0.133. The smallest absolute Gasteiger partial charge is 0.322 e. The van der Waals surface area contributed by atoms with Crippen LogP contribution in [0.25, 0.3) is 0 Å². The van der Waals surface area contributed by atoms with E-state index < -0.39 is 6.04 Å². The molecule has 1 fully saturated rings. The summed E-state index contributed by atoms with van der Waals surface area (Å²) in [5.41, 5.74) is 5.65. The summed E-state index contributed by atoms with van der Waals surface area (Å²) < 4.78 is 10.00. The second-order valence-corrected chi connectivity index (χ2v) is 3.32. The number of carbonyl (C=O) groups is 1. The first-order valence-corrected chi connectivity index (χ1v) is 4.74. The third kappa shape index (κ3) is 3.32. The van der Waals surface area contributed by atoms with Crippen LogP contribution >= 0.6 is 0 Å². The van der Waals surface area contributed by atoms with E-state index in [1.54, 1.807) is 6.92 Å². The quantitative estimate of drug-likeness (QED) is 0.643. The number of ether oxygens (including phenoxy) is 2. The molecule has 1 saturated heterocycles. The van der Waals surface area contributed by atoms with Crippen LogP contribution < -0.4 is 5.73 Å². The van der Waals surface area contributed by atoms with E-state index >= 15 is 0 Å². The molecule has 0 radical (unpaired) electrons. The van der Waals surface area contributed by atoms with Gasteiger partial charge in [0.2, 0.25) is 0 Å². The highest BCUT2D eigenvalue weighted by Crippen LogP contribution is 2.17. The Morgan fingerprint density at radius 1 is 1.77 bits per heavy atom. The lowest BCUT2D eigenvalue weighted by Crippen LogP contribution is -2.34. The molecule has 0 unspecified atom stereocenters. The first-order valence-electron chi connectivity index (χ1n) is 4.74. The Kier molecular flexibility index (Phi) is 4.18. The summed E-state index contributed by atoms with van der Waals surface area (Å²) in [6.07, 6.45) is 1.69. The molecule has 1 aliphatic rings. The van der Waals surface area contributed by atoms with Crippen LogP contribution in [-0.2, 0) is 14.3 Å². The highest BCUT2D eigenvalue weighted by Gasteiger charge is 2.23. The maximum Gasteiger partial charge on any atom is 0.322 e. The van der Waals surface area contributed by atoms with Crippen molar-refractivity contribution in [2.75, 3.05) is 19.8 Å². The minimum absolute atomic E-state index is 0.297. The molecule has 0 aromatic heterocycles. The zero-order valence-electron chi connectivity index (χ0n) is 7.99. The molecule has 4 heteroatoms. The third-order valence-corrected chi connectivity index (χ3v) is 2.20. The van der Waals surface area contributed by atoms with Gasteiger partial charge in [0.1, 0.15) is 6.04 Å². The van der Waals surface area contributed by atoms with Gasteiger partial charge in [0.25, 0.3) is 0 Å². The molecule has 2 atom stereocenters. The molecule has 1 aliphatic heterocycles. The molecular formula is C9H17NO3. The molecule has 0 amide bonds. The van der Waals surface area contributed by atoms with Crippen LogP contribution in [0.3, 0.4) is 0 Å². The van der Waals surface area contributed by atoms with Crippen molar-refractivity contribution < 1.29 is 14.3 Å². The van der Waals surface area contributed by atoms with Gasteiger partial charge in [-0.2, -0.15) is 0 Å². The highest BCUT2D eigenvalue weighted by molar-refractivity contribution is 5.75. The molecule has 0 aromatic carbocycles. The van der Waals surface area contributed by atoms with E-state index in [4.69, 9.17) is 15.2 Å². The van der Waals surface area contributed by atoms with E-state index in [1.165, 1.54) is 0 Å². The zero-order valence-corrected chi connectivity index (χ0v) is 7.99. The van der Waals surface area contributed by atoms with Gasteiger partial charge in [-0.25, -0.2) is 0 Å². The summed E-state index contributed by atoms with van der Waals surface area (Å²) >= 11 is 0. The lowest BCUT2D eigenvalue weighted by Gasteiger charge is -2.13. The fraction of sp³-hybridized carbons (Fsp3) is 0.889. The second kappa shape index (κ2) is 5.19. The fourth-order valence-electron chi connectivity index (χ4n) is 1.47. The predicted octanol–water partition coefficient (Wildman–Crippen LogP) is 0.303. The number of hydrogen-bond acceptors (Lipinski definition) is 4. The van der Waals surface area contributed by atoms with Crippen molar-refractivity contribution in [3.8, 4) is 0 Å². The molecule has 0 saturated carbocycles. The van der Waals surface area contributed by atoms with E-state index in [0.29, 0.717) is 18.9 Å². The van der Waals surface area contributed by atoms with Crippen molar-refractivity contribution in [2.24, 2.45) is 11.7 Å². The first kappa shape index (κ1) is 10.5. The summed E-state index contributed by atoms with van der Waals surface area (Å²) in [6.45, 7) is 3.70. The Balaban J connectivity index is 2.22. The van der Waals surface area contributed by atoms with E-state index in [1.807, 2.05) is 0 Å². The summed E-state index contributed by atoms with van der Waals surface area (Å²) in [4.78, 5) is 11.1. The number of hydrogen-bond donors (Lipinski definition) is 1. The highest BCUT2D eigenvalue weighted by atomic mass is 16.5. The van der Waals surface area contributed by atoms with Crippen LogP contribution in [0.5, 0.6) is 0 Å². The Morgan fingerprint density at radius 2 is 2.54 bits per heavy atom. The van der Waals surface area contributed by atoms with Gasteiger partial charge in [0.15, 0.2) is 0 Å². The molecule has 13 heavy (non-hydrogen) atoms. The fourth-order valence-corrected chi connectivity index (χ4v) is 1.47. The SMILES string of the molecule is CCOC(=O)[C@@H](N)C[C@H]1CCOC1. The van der Waals surface area contributed by atoms with Gasteiger partial charge in [-0.1, -0.05) is 0 Å². The summed E-state index contributed by atoms with van der Waals surface area (Å²) in [6, 6.07) is -0.480. The molecule has 2 N–H and O–H groups in total. The van der Waals surface area contributed by atoms with Gasteiger partial charge in [0.05, 0.1) is 6.61 Å². The maximum atomic E-state index is 11.1. The molecule has 0 aliphatic carbocycles. The normalized spacial score (nSPS) is 24.3. The minimum Gasteiger partial charge on any atom is -0.465 e. The van der Waals surface area contributed by atoms with Crippen molar-refractivity contribution >= 4 is 5.97 Å². The van der Waals surface area contributed by atoms with E-state index in [2.05, 4.69) is 0 Å². The summed E-state index contributed by atoms with van der Waals surface area (Å²) in [7, 11) is 0. The minimum atomic E-state index is -0.480.